The predicted octanol–water partition coefficient (Wildman–Crippen LogP) is 5.74. The van der Waals surface area contributed by atoms with Crippen molar-refractivity contribution in [3.8, 4) is 0 Å². The second-order valence-corrected chi connectivity index (χ2v) is 27.8. The highest BCUT2D eigenvalue weighted by Gasteiger charge is 2.44. The molecule has 99 heavy (non-hydrogen) atoms. The first kappa shape index (κ1) is 83.6. The summed E-state index contributed by atoms with van der Waals surface area (Å²) in [6.07, 6.45) is 3.99. The number of ether oxygens (including phenoxy) is 3. The molecule has 4 rings (SSSR count). The van der Waals surface area contributed by atoms with E-state index in [9.17, 15) is 47.9 Å². The van der Waals surface area contributed by atoms with E-state index in [1.54, 1.807) is 82.1 Å². The number of likely N-dealkylation sites (tertiary alicyclic amines) is 1. The van der Waals surface area contributed by atoms with Crippen LogP contribution < -0.4 is 53.6 Å². The van der Waals surface area contributed by atoms with Gasteiger partial charge in [0.2, 0.25) is 47.3 Å². The fourth-order valence-electron chi connectivity index (χ4n) is 12.5. The molecule has 0 radical (unpaired) electrons. The minimum atomic E-state index is -1.14. The molecule has 27 nitrogen and oxygen atoms in total. The quantitative estimate of drug-likeness (QED) is 0.0239. The monoisotopic (exact) mass is 1400 g/mol. The number of rotatable bonds is 42. The van der Waals surface area contributed by atoms with Crippen molar-refractivity contribution in [2.75, 3.05) is 60.3 Å². The summed E-state index contributed by atoms with van der Waals surface area (Å²) in [4.78, 5) is 146. The Kier molecular flexibility index (Phi) is 35.8. The Morgan fingerprint density at radius 2 is 1.35 bits per heavy atom. The van der Waals surface area contributed by atoms with Crippen LogP contribution in [-0.4, -0.2) is 195 Å². The van der Waals surface area contributed by atoms with Crippen LogP contribution in [0.15, 0.2) is 66.2 Å². The number of primary amides is 1. The maximum absolute atomic E-state index is 14.9. The largest absolute Gasteiger partial charge is 0.445 e. The molecule has 1 saturated heterocycles. The number of thiazole rings is 1. The van der Waals surface area contributed by atoms with Crippen LogP contribution in [0, 0.1) is 29.6 Å². The summed E-state index contributed by atoms with van der Waals surface area (Å²) >= 11 is 1.47. The Morgan fingerprint density at radius 3 is 1.93 bits per heavy atom. The lowest BCUT2D eigenvalue weighted by atomic mass is 9.89. The highest BCUT2D eigenvalue weighted by Crippen LogP contribution is 2.31. The van der Waals surface area contributed by atoms with E-state index in [4.69, 9.17) is 19.9 Å². The third-order valence-electron chi connectivity index (χ3n) is 18.4. The molecule has 1 aliphatic rings. The van der Waals surface area contributed by atoms with Crippen molar-refractivity contribution in [3.63, 3.8) is 0 Å². The van der Waals surface area contributed by atoms with Gasteiger partial charge in [0, 0.05) is 65.6 Å². The van der Waals surface area contributed by atoms with Crippen LogP contribution in [0.2, 0.25) is 0 Å². The predicted molar refractivity (Wildman–Crippen MR) is 381 cm³/mol. The number of likely N-dealkylation sites (N-methyl/N-ethyl adjacent to an activating group) is 2. The lowest BCUT2D eigenvalue weighted by molar-refractivity contribution is -0.148. The van der Waals surface area contributed by atoms with Crippen LogP contribution in [0.1, 0.15) is 156 Å². The van der Waals surface area contributed by atoms with E-state index in [0.29, 0.717) is 62.9 Å². The van der Waals surface area contributed by atoms with Crippen LogP contribution in [0.5, 0.6) is 0 Å². The minimum absolute atomic E-state index is 0.0694. The maximum atomic E-state index is 14.9. The highest BCUT2D eigenvalue weighted by atomic mass is 32.1. The summed E-state index contributed by atoms with van der Waals surface area (Å²) in [6.45, 7) is 20.7. The molecule has 0 aliphatic carbocycles. The highest BCUT2D eigenvalue weighted by molar-refractivity contribution is 7.09. The number of benzene rings is 2. The minimum Gasteiger partial charge on any atom is -0.445 e. The van der Waals surface area contributed by atoms with Gasteiger partial charge in [-0.1, -0.05) is 111 Å². The van der Waals surface area contributed by atoms with Crippen LogP contribution in [0.3, 0.4) is 0 Å². The molecule has 0 saturated carbocycles. The van der Waals surface area contributed by atoms with Crippen molar-refractivity contribution >= 4 is 76.4 Å². The van der Waals surface area contributed by atoms with Crippen molar-refractivity contribution in [2.45, 2.75) is 214 Å². The fourth-order valence-corrected chi connectivity index (χ4v) is 13.2. The SMILES string of the molecule is CC[C@H](C)[C@@H]([C@@H](CC(=O)N1CCC[C@H]1C(OC)[C@@H](C)C(=O)N[C@@H](Cc1ccccc1)c1nccs1)OC)N(C)C(=O)[C@@H](NC(=O)[C@H](C(C)C)N(C)C(=O)OCc1ccc(NC(=O)C(CCCNC(N)=O)NC(=O)[C@@H](NC(=O)C(CCCCNC(C)NC)NC(C)=O)C(C)C)cc1)C(C)C. The number of nitrogens with one attached hydrogen (secondary N) is 9. The summed E-state index contributed by atoms with van der Waals surface area (Å²) < 4.78 is 17.9. The zero-order valence-corrected chi connectivity index (χ0v) is 61.9. The Bertz CT molecular complexity index is 3040. The number of aromatic nitrogens is 1. The molecule has 0 bridgehead atoms. The Labute approximate surface area is 589 Å². The average molecular weight is 1400 g/mol. The summed E-state index contributed by atoms with van der Waals surface area (Å²) in [7, 11) is 8.01. The first-order chi connectivity index (χ1) is 47.0. The third-order valence-corrected chi connectivity index (χ3v) is 19.3. The molecular formula is C71H114N14O13S. The van der Waals surface area contributed by atoms with Crippen molar-refractivity contribution in [2.24, 2.45) is 35.3 Å². The van der Waals surface area contributed by atoms with E-state index in [-0.39, 0.29) is 62.4 Å². The number of carbonyl (C=O) groups excluding carboxylic acids is 10. The molecule has 11 amide bonds. The Morgan fingerprint density at radius 1 is 0.707 bits per heavy atom. The van der Waals surface area contributed by atoms with Crippen LogP contribution >= 0.6 is 11.3 Å². The van der Waals surface area contributed by atoms with Gasteiger partial charge in [-0.05, 0) is 119 Å². The smallest absolute Gasteiger partial charge is 0.410 e. The topological polar surface area (TPSA) is 355 Å². The number of amides is 11. The number of hydrogen-bond donors (Lipinski definition) is 10. The van der Waals surface area contributed by atoms with Crippen molar-refractivity contribution in [1.82, 2.24) is 62.2 Å². The van der Waals surface area contributed by atoms with Gasteiger partial charge >= 0.3 is 12.1 Å². The molecule has 2 heterocycles. The summed E-state index contributed by atoms with van der Waals surface area (Å²) in [5, 5.41) is 28.8. The zero-order chi connectivity index (χ0) is 73.6. The molecule has 552 valence electrons. The first-order valence-corrected chi connectivity index (χ1v) is 35.6. The Hall–Kier alpha value is -7.79. The second kappa shape index (κ2) is 42.3. The molecule has 1 fully saturated rings. The molecule has 11 N–H and O–H groups in total. The van der Waals surface area contributed by atoms with E-state index in [2.05, 4.69) is 52.8 Å². The van der Waals surface area contributed by atoms with Crippen molar-refractivity contribution in [1.29, 1.82) is 0 Å². The number of methoxy groups -OCH3 is 2. The lowest BCUT2D eigenvalue weighted by Gasteiger charge is -2.41. The van der Waals surface area contributed by atoms with E-state index >= 15 is 0 Å². The van der Waals surface area contributed by atoms with Gasteiger partial charge in [0.05, 0.1) is 48.8 Å². The van der Waals surface area contributed by atoms with Gasteiger partial charge < -0.3 is 77.6 Å². The van der Waals surface area contributed by atoms with Crippen molar-refractivity contribution < 1.29 is 62.2 Å². The number of nitrogens with zero attached hydrogens (tertiary/aromatic N) is 4. The van der Waals surface area contributed by atoms with Crippen LogP contribution in [-0.2, 0) is 65.6 Å². The zero-order valence-electron chi connectivity index (χ0n) is 61.1. The molecule has 1 aromatic heterocycles. The van der Waals surface area contributed by atoms with Crippen LogP contribution in [0.4, 0.5) is 15.3 Å². The van der Waals surface area contributed by atoms with E-state index in [1.807, 2.05) is 84.3 Å². The standard InChI is InChI=1S/C71H114N14O13S/c1-17-45(8)61(56(96-15)40-57(87)85-37-24-29-55(85)62(97-16)46(9)63(88)80-54(68-75-36-38-99-68)39-49-25-19-18-20-26-49)83(13)69(93)59(43(4)5)82-67(92)60(44(6)7)84(14)71(95)98-41-50-30-32-51(33-31-50)78-64(89)53(28-23-35-76-70(72)94)79-66(91)58(42(2)3)81-65(90)52(77-48(11)86)27-21-22-34-74-47(10)73-12/h18-20,25-26,30-33,36,38,42-47,52-56,58-62,73-74H,17,21-24,27-29,34-35,37,39-41H2,1-16H3,(H,77,86)(H,78,89)(H,79,91)(H,80,88)(H,81,90)(H,82,92)(H3,72,76,94)/t45-,46+,47?,52?,53?,54-,55-,56+,58-,59-,60-,61-,62?/m0/s1. The lowest BCUT2D eigenvalue weighted by Crippen LogP contribution is -2.60. The normalized spacial score (nSPS) is 16.7. The Balaban J connectivity index is 1.41. The number of urea groups is 1. The third kappa shape index (κ3) is 26.4. The van der Waals surface area contributed by atoms with Crippen molar-refractivity contribution in [3.05, 3.63) is 82.3 Å². The maximum Gasteiger partial charge on any atom is 0.410 e. The molecule has 4 unspecified atom stereocenters. The van der Waals surface area contributed by atoms with Gasteiger partial charge in [-0.25, -0.2) is 14.6 Å². The molecule has 13 atom stereocenters. The number of hydrogen-bond acceptors (Lipinski definition) is 17. The van der Waals surface area contributed by atoms with E-state index < -0.39 is 126 Å². The number of nitrogens with two attached hydrogens (primary N) is 1. The van der Waals surface area contributed by atoms with E-state index in [1.165, 1.54) is 37.3 Å². The summed E-state index contributed by atoms with van der Waals surface area (Å²) in [5.74, 6) is -5.72. The van der Waals surface area contributed by atoms with Crippen LogP contribution in [0.25, 0.3) is 0 Å². The van der Waals surface area contributed by atoms with E-state index in [0.717, 1.165) is 17.0 Å². The van der Waals surface area contributed by atoms with Gasteiger partial charge in [-0.15, -0.1) is 11.3 Å². The van der Waals surface area contributed by atoms with Gasteiger partial charge in [-0.3, -0.25) is 43.3 Å². The molecule has 3 aromatic rings. The number of anilines is 1. The average Bonchev–Trinajstić information content (AvgIpc) is 1.80. The second-order valence-electron chi connectivity index (χ2n) is 26.9. The van der Waals surface area contributed by atoms with Gasteiger partial charge in [-0.2, -0.15) is 0 Å². The molecule has 0 spiro atoms. The molecular weight excluding hydrogens is 1290 g/mol. The molecule has 28 heteroatoms. The summed E-state index contributed by atoms with van der Waals surface area (Å²) in [6, 6.07) is 8.86. The number of unbranched alkanes of at least 4 members (excludes halogenated alkanes) is 1. The first-order valence-electron chi connectivity index (χ1n) is 34.7. The molecule has 1 aliphatic heterocycles. The van der Waals surface area contributed by atoms with Gasteiger partial charge in [0.15, 0.2) is 0 Å². The van der Waals surface area contributed by atoms with Gasteiger partial charge in [0.25, 0.3) is 0 Å². The number of carbonyl (C=O) groups is 10. The fraction of sp³-hybridized carbons (Fsp3) is 0.648. The van der Waals surface area contributed by atoms with Gasteiger partial charge in [0.1, 0.15) is 41.8 Å². The molecule has 2 aromatic carbocycles. The summed E-state index contributed by atoms with van der Waals surface area (Å²) in [5.41, 5.74) is 7.19.